The number of benzene rings is 2. The van der Waals surface area contributed by atoms with Crippen LogP contribution < -0.4 is 11.5 Å². The van der Waals surface area contributed by atoms with Crippen LogP contribution in [0.25, 0.3) is 22.3 Å². The third-order valence-corrected chi connectivity index (χ3v) is 16.2. The Morgan fingerprint density at radius 1 is 0.563 bits per heavy atom. The average molecular weight is 1070 g/mol. The van der Waals surface area contributed by atoms with Gasteiger partial charge in [0.2, 0.25) is 0 Å². The maximum Gasteiger partial charge on any atom is 0.490 e. The molecule has 10 N–H and O–H groups in total. The second kappa shape index (κ2) is 20.9. The fourth-order valence-corrected chi connectivity index (χ4v) is 12.2. The van der Waals surface area contributed by atoms with Crippen LogP contribution in [0.5, 0.6) is 0 Å². The molecular weight excluding hydrogens is 1030 g/mol. The number of aliphatic hydroxyl groups is 2. The molecule has 35 heteroatoms. The molecule has 0 spiro atoms. The highest BCUT2D eigenvalue weighted by molar-refractivity contribution is 7.69. The number of fused-ring (bicyclic) bond motifs is 2. The summed E-state index contributed by atoms with van der Waals surface area (Å²) in [5.74, 6) is -1.83. The van der Waals surface area contributed by atoms with E-state index in [2.05, 4.69) is 42.8 Å². The lowest BCUT2D eigenvalue weighted by Gasteiger charge is -2.23. The van der Waals surface area contributed by atoms with Gasteiger partial charge in [0.05, 0.1) is 38.7 Å². The van der Waals surface area contributed by atoms with Crippen LogP contribution in [0.3, 0.4) is 0 Å². The van der Waals surface area contributed by atoms with Gasteiger partial charge in [0.1, 0.15) is 48.1 Å². The molecule has 2 fully saturated rings. The standard InChI is InChI=1S/C36H40N10O21P4/c37-31-25-33(41-15-39-31)45(17-43-25)35-28(50)29(63-23(47)11-19-7-3-1-4-8-19)22(62-35)14-60-69(53,54)66-71(57,58)67-70(55,56)65-68(51,52)59-13-21-27(49)30(64-24(48)12-20-9-5-2-6-10-20)36(61-21)46-18-44-26-32(38)40-16-42-34(26)46/h1-10,15-18,21-22,27-30,35-36,49-50H,11-14H2,(H,51,52)(H,53,54)(H,55,56)(H,57,58)(H2,37,39,41)(H2,38,40,42)/t21-,22-,27-,28+,29+,30-,35+,36-/m1/s1. The lowest BCUT2D eigenvalue weighted by molar-refractivity contribution is -0.157. The summed E-state index contributed by atoms with van der Waals surface area (Å²) in [5, 5.41) is 22.6. The lowest BCUT2D eigenvalue weighted by Crippen LogP contribution is -2.38. The number of esters is 2. The van der Waals surface area contributed by atoms with Gasteiger partial charge in [0.25, 0.3) is 0 Å². The summed E-state index contributed by atoms with van der Waals surface area (Å²) in [6.07, 6.45) is -9.28. The molecule has 4 aromatic heterocycles. The summed E-state index contributed by atoms with van der Waals surface area (Å²) in [6, 6.07) is 16.6. The number of imidazole rings is 2. The number of ether oxygens (including phenoxy) is 4. The highest BCUT2D eigenvalue weighted by Crippen LogP contribution is 2.71. The second-order valence-electron chi connectivity index (χ2n) is 15.2. The highest BCUT2D eigenvalue weighted by Gasteiger charge is 2.52. The maximum atomic E-state index is 13.0. The topological polar surface area (TPSA) is 446 Å². The normalized spacial score (nSPS) is 25.8. The van der Waals surface area contributed by atoms with Crippen molar-refractivity contribution in [1.82, 2.24) is 39.0 Å². The average Bonchev–Trinajstić information content (AvgIpc) is 4.06. The number of aromatic nitrogens is 8. The summed E-state index contributed by atoms with van der Waals surface area (Å²) < 4.78 is 98.4. The Morgan fingerprint density at radius 2 is 0.986 bits per heavy atom. The number of nitrogens with two attached hydrogens (primary N) is 2. The van der Waals surface area contributed by atoms with Crippen molar-refractivity contribution in [1.29, 1.82) is 0 Å². The van der Waals surface area contributed by atoms with E-state index in [1.165, 1.54) is 15.5 Å². The molecule has 31 nitrogen and oxygen atoms in total. The Kier molecular flexibility index (Phi) is 15.3. The molecule has 6 aromatic rings. The first kappa shape index (κ1) is 51.8. The molecule has 8 rings (SSSR count). The molecule has 2 aromatic carbocycles. The Morgan fingerprint density at radius 3 is 1.48 bits per heavy atom. The monoisotopic (exact) mass is 1070 g/mol. The number of phosphoric acid groups is 4. The fourth-order valence-electron chi connectivity index (χ4n) is 7.26. The molecule has 0 radical (unpaired) electrons. The number of aliphatic hydroxyl groups excluding tert-OH is 2. The third-order valence-electron chi connectivity index (χ3n) is 10.3. The van der Waals surface area contributed by atoms with Gasteiger partial charge in [-0.15, -0.1) is 0 Å². The molecule has 2 saturated heterocycles. The largest absolute Gasteiger partial charge is 0.490 e. The quantitative estimate of drug-likeness (QED) is 0.0392. The molecule has 6 heterocycles. The minimum absolute atomic E-state index is 0.0432. The van der Waals surface area contributed by atoms with Gasteiger partial charge in [-0.2, -0.15) is 12.9 Å². The number of carbonyl (C=O) groups excluding carboxylic acids is 2. The molecule has 0 aliphatic carbocycles. The van der Waals surface area contributed by atoms with E-state index in [0.717, 1.165) is 19.0 Å². The van der Waals surface area contributed by atoms with Gasteiger partial charge in [0, 0.05) is 0 Å². The van der Waals surface area contributed by atoms with Crippen LogP contribution in [0, 0.1) is 0 Å². The zero-order valence-electron chi connectivity index (χ0n) is 35.9. The summed E-state index contributed by atoms with van der Waals surface area (Å²) in [7, 11) is -24.5. The maximum absolute atomic E-state index is 13.0. The van der Waals surface area contributed by atoms with Crippen LogP contribution in [0.2, 0.25) is 0 Å². The lowest BCUT2D eigenvalue weighted by atomic mass is 10.1. The summed E-state index contributed by atoms with van der Waals surface area (Å²) in [4.78, 5) is 91.4. The van der Waals surface area contributed by atoms with Crippen molar-refractivity contribution in [2.24, 2.45) is 0 Å². The SMILES string of the molecule is Nc1ncnc2c1ncn2[C@@H]1O[C@H](COP(=O)(O)OP(=O)(O)OP(=O)(O)OP(=O)(O)OC[C@H]2O[C@H](n3cnc4c(N)ncnc43)[C@@H](O)[C@H]2OC(=O)Cc2ccccc2)[C@@H](O)[C@H]1OC(=O)Cc1ccccc1. The molecule has 71 heavy (non-hydrogen) atoms. The zero-order chi connectivity index (χ0) is 50.9. The molecule has 380 valence electrons. The van der Waals surface area contributed by atoms with Gasteiger partial charge < -0.3 is 60.2 Å². The molecule has 0 saturated carbocycles. The smallest absolute Gasteiger partial charge is 0.456 e. The number of anilines is 2. The van der Waals surface area contributed by atoms with E-state index in [1.807, 2.05) is 0 Å². The van der Waals surface area contributed by atoms with Gasteiger partial charge in [-0.1, -0.05) is 60.7 Å². The summed E-state index contributed by atoms with van der Waals surface area (Å²) in [5.41, 5.74) is 13.1. The number of hydrogen-bond donors (Lipinski definition) is 8. The van der Waals surface area contributed by atoms with E-state index in [1.54, 1.807) is 60.7 Å². The Labute approximate surface area is 397 Å². The van der Waals surface area contributed by atoms with Crippen molar-refractivity contribution in [2.45, 2.75) is 61.9 Å². The van der Waals surface area contributed by atoms with Crippen molar-refractivity contribution >= 4 is 77.2 Å². The van der Waals surface area contributed by atoms with E-state index >= 15 is 0 Å². The van der Waals surface area contributed by atoms with Gasteiger partial charge in [0.15, 0.2) is 47.6 Å². The second-order valence-corrected chi connectivity index (χ2v) is 21.4. The Bertz CT molecular complexity index is 3100. The van der Waals surface area contributed by atoms with Crippen molar-refractivity contribution in [3.63, 3.8) is 0 Å². The van der Waals surface area contributed by atoms with E-state index in [0.29, 0.717) is 11.1 Å². The molecule has 0 amide bonds. The van der Waals surface area contributed by atoms with Crippen LogP contribution in [-0.2, 0) is 81.6 Å². The van der Waals surface area contributed by atoms with E-state index in [4.69, 9.17) is 39.5 Å². The van der Waals surface area contributed by atoms with Gasteiger partial charge >= 0.3 is 43.2 Å². The van der Waals surface area contributed by atoms with Crippen molar-refractivity contribution in [3.8, 4) is 0 Å². The summed E-state index contributed by atoms with van der Waals surface area (Å²) in [6.45, 7) is -2.34. The molecule has 0 bridgehead atoms. The van der Waals surface area contributed by atoms with Crippen molar-refractivity contribution < 1.29 is 98.6 Å². The number of nitrogens with zero attached hydrogens (tertiary/aromatic N) is 8. The van der Waals surface area contributed by atoms with E-state index in [-0.39, 0.29) is 46.8 Å². The van der Waals surface area contributed by atoms with E-state index < -0.39 is 106 Å². The summed E-state index contributed by atoms with van der Waals surface area (Å²) >= 11 is 0. The Balaban J connectivity index is 0.899. The number of carbonyl (C=O) groups is 2. The van der Waals surface area contributed by atoms with Crippen molar-refractivity contribution in [2.75, 3.05) is 24.7 Å². The molecule has 12 atom stereocenters. The first-order valence-corrected chi connectivity index (χ1v) is 26.3. The zero-order valence-corrected chi connectivity index (χ0v) is 39.4. The minimum Gasteiger partial charge on any atom is -0.456 e. The van der Waals surface area contributed by atoms with Crippen LogP contribution in [0.4, 0.5) is 11.6 Å². The molecule has 2 aliphatic rings. The van der Waals surface area contributed by atoms with Crippen LogP contribution in [0.1, 0.15) is 23.6 Å². The first-order chi connectivity index (χ1) is 33.6. The number of nitrogen functional groups attached to an aromatic ring is 2. The predicted molar refractivity (Wildman–Crippen MR) is 234 cm³/mol. The predicted octanol–water partition coefficient (Wildman–Crippen LogP) is 1.14. The highest BCUT2D eigenvalue weighted by atomic mass is 31.3. The van der Waals surface area contributed by atoms with Crippen LogP contribution in [0.15, 0.2) is 86.0 Å². The minimum atomic E-state index is -6.33. The number of phosphoric ester groups is 2. The van der Waals surface area contributed by atoms with Crippen molar-refractivity contribution in [3.05, 3.63) is 97.1 Å². The Hall–Kier alpha value is -5.52. The van der Waals surface area contributed by atoms with Gasteiger partial charge in [-0.25, -0.2) is 48.2 Å². The van der Waals surface area contributed by atoms with E-state index in [9.17, 15) is 57.6 Å². The molecule has 4 unspecified atom stereocenters. The van der Waals surface area contributed by atoms with Gasteiger partial charge in [-0.3, -0.25) is 27.8 Å². The first-order valence-electron chi connectivity index (χ1n) is 20.3. The molecular formula is C36H40N10O21P4. The third kappa shape index (κ3) is 12.4. The molecule has 2 aliphatic heterocycles. The van der Waals surface area contributed by atoms with Gasteiger partial charge in [-0.05, 0) is 11.1 Å². The fraction of sp³-hybridized carbons (Fsp3) is 0.333. The number of rotatable bonds is 20. The van der Waals surface area contributed by atoms with Crippen LogP contribution >= 0.6 is 31.3 Å². The van der Waals surface area contributed by atoms with Crippen LogP contribution in [-0.4, -0.2) is 131 Å². The number of hydrogen-bond acceptors (Lipinski definition) is 25.